The summed E-state index contributed by atoms with van der Waals surface area (Å²) in [5, 5.41) is 2.30. The number of benzene rings is 1. The quantitative estimate of drug-likeness (QED) is 0.397. The predicted molar refractivity (Wildman–Crippen MR) is 87.0 cm³/mol. The number of rotatable bonds is 9. The summed E-state index contributed by atoms with van der Waals surface area (Å²) in [6.07, 6.45) is 2.59. The van der Waals surface area contributed by atoms with Gasteiger partial charge in [0, 0.05) is 6.42 Å². The molecule has 0 aliphatic carbocycles. The molecule has 5 N–H and O–H groups in total. The maximum Gasteiger partial charge on any atom is 0.237 e. The van der Waals surface area contributed by atoms with Crippen LogP contribution in [0.3, 0.4) is 0 Å². The van der Waals surface area contributed by atoms with E-state index in [1.165, 1.54) is 0 Å². The fraction of sp³-hybridized carbons (Fsp3) is 0.467. The standard InChI is InChI=1S/C15H23N3O2S/c16-9-5-4-8-12(17)14(19)18-13(15(20)21)10-11-6-2-1-3-7-11/h1-3,6-7,12-13H,4-5,8-10,16-17H2,(H,18,19)(H,20,21)/t12-,13-/m1/s1. The lowest BCUT2D eigenvalue weighted by Crippen LogP contribution is -2.48. The van der Waals surface area contributed by atoms with Gasteiger partial charge in [0.2, 0.25) is 11.0 Å². The van der Waals surface area contributed by atoms with Gasteiger partial charge >= 0.3 is 0 Å². The monoisotopic (exact) mass is 309 g/mol. The van der Waals surface area contributed by atoms with Crippen LogP contribution in [0.2, 0.25) is 0 Å². The zero-order valence-corrected chi connectivity index (χ0v) is 12.9. The van der Waals surface area contributed by atoms with Gasteiger partial charge < -0.3 is 16.8 Å². The molecule has 0 fully saturated rings. The number of unbranched alkanes of at least 4 members (excludes halogenated alkanes) is 1. The molecule has 0 spiro atoms. The van der Waals surface area contributed by atoms with E-state index in [2.05, 4.69) is 17.9 Å². The molecule has 1 rings (SSSR count). The minimum absolute atomic E-state index is 0.324. The van der Waals surface area contributed by atoms with Crippen molar-refractivity contribution in [3.63, 3.8) is 0 Å². The molecule has 116 valence electrons. The molecule has 21 heavy (non-hydrogen) atoms. The number of nitrogens with two attached hydrogens (primary N) is 2. The summed E-state index contributed by atoms with van der Waals surface area (Å²) < 4.78 is 0. The van der Waals surface area contributed by atoms with E-state index in [0.29, 0.717) is 19.4 Å². The van der Waals surface area contributed by atoms with Crippen LogP contribution in [0, 0.1) is 0 Å². The maximum absolute atomic E-state index is 12.0. The van der Waals surface area contributed by atoms with Crippen molar-refractivity contribution in [2.24, 2.45) is 11.5 Å². The molecule has 0 bridgehead atoms. The van der Waals surface area contributed by atoms with Crippen LogP contribution in [0.4, 0.5) is 0 Å². The Morgan fingerprint density at radius 1 is 1.19 bits per heavy atom. The molecular weight excluding hydrogens is 286 g/mol. The Balaban J connectivity index is 2.54. The molecule has 1 amide bonds. The lowest BCUT2D eigenvalue weighted by atomic mass is 10.1. The van der Waals surface area contributed by atoms with E-state index in [4.69, 9.17) is 11.5 Å². The van der Waals surface area contributed by atoms with E-state index < -0.39 is 12.1 Å². The van der Waals surface area contributed by atoms with Crippen molar-refractivity contribution in [3.05, 3.63) is 35.9 Å². The Bertz CT molecular complexity index is 453. The maximum atomic E-state index is 12.0. The van der Waals surface area contributed by atoms with E-state index in [0.717, 1.165) is 18.4 Å². The summed E-state index contributed by atoms with van der Waals surface area (Å²) in [4.78, 5) is 23.5. The van der Waals surface area contributed by atoms with Gasteiger partial charge in [0.05, 0.1) is 6.04 Å². The van der Waals surface area contributed by atoms with Crippen molar-refractivity contribution in [2.45, 2.75) is 37.8 Å². The number of hydrogen-bond donors (Lipinski definition) is 4. The summed E-state index contributed by atoms with van der Waals surface area (Å²) in [7, 11) is 0. The number of thiol groups is 1. The van der Waals surface area contributed by atoms with Crippen molar-refractivity contribution in [1.29, 1.82) is 0 Å². The first kappa shape index (κ1) is 17.7. The molecule has 2 atom stereocenters. The van der Waals surface area contributed by atoms with Crippen LogP contribution >= 0.6 is 12.6 Å². The van der Waals surface area contributed by atoms with Crippen LogP contribution in [0.25, 0.3) is 0 Å². The second-order valence-electron chi connectivity index (χ2n) is 4.98. The zero-order chi connectivity index (χ0) is 15.7. The van der Waals surface area contributed by atoms with Crippen molar-refractivity contribution < 1.29 is 9.59 Å². The molecule has 5 nitrogen and oxygen atoms in total. The third-order valence-corrected chi connectivity index (χ3v) is 3.51. The largest absolute Gasteiger partial charge is 0.344 e. The minimum Gasteiger partial charge on any atom is -0.344 e. The van der Waals surface area contributed by atoms with Gasteiger partial charge in [-0.3, -0.25) is 9.59 Å². The van der Waals surface area contributed by atoms with Crippen LogP contribution in [-0.4, -0.2) is 29.7 Å². The first-order chi connectivity index (χ1) is 10.0. The van der Waals surface area contributed by atoms with Crippen molar-refractivity contribution in [3.8, 4) is 0 Å². The molecular formula is C15H23N3O2S. The second-order valence-corrected chi connectivity index (χ2v) is 5.42. The van der Waals surface area contributed by atoms with E-state index in [1.54, 1.807) is 0 Å². The smallest absolute Gasteiger partial charge is 0.237 e. The first-order valence-electron chi connectivity index (χ1n) is 7.07. The number of carbonyl (C=O) groups excluding carboxylic acids is 2. The van der Waals surface area contributed by atoms with Crippen LogP contribution in [-0.2, 0) is 16.0 Å². The number of amides is 1. The zero-order valence-electron chi connectivity index (χ0n) is 12.0. The Hall–Kier alpha value is -1.37. The lowest BCUT2D eigenvalue weighted by Gasteiger charge is -2.18. The molecule has 1 aromatic carbocycles. The summed E-state index contributed by atoms with van der Waals surface area (Å²) >= 11 is 3.84. The molecule has 0 heterocycles. The van der Waals surface area contributed by atoms with Crippen LogP contribution in [0.15, 0.2) is 30.3 Å². The Morgan fingerprint density at radius 2 is 1.86 bits per heavy atom. The highest BCUT2D eigenvalue weighted by Gasteiger charge is 2.21. The van der Waals surface area contributed by atoms with Crippen LogP contribution in [0.1, 0.15) is 24.8 Å². The predicted octanol–water partition coefficient (Wildman–Crippen LogP) is 0.627. The lowest BCUT2D eigenvalue weighted by molar-refractivity contribution is -0.125. The van der Waals surface area contributed by atoms with Gasteiger partial charge in [-0.1, -0.05) is 36.8 Å². The average Bonchev–Trinajstić information content (AvgIpc) is 2.47. The Morgan fingerprint density at radius 3 is 2.43 bits per heavy atom. The second kappa shape index (κ2) is 9.55. The number of hydrogen-bond acceptors (Lipinski definition) is 4. The minimum atomic E-state index is -0.663. The van der Waals surface area contributed by atoms with Gasteiger partial charge in [-0.15, -0.1) is 12.6 Å². The van der Waals surface area contributed by atoms with Gasteiger partial charge in [-0.05, 0) is 24.9 Å². The normalized spacial score (nSPS) is 13.5. The highest BCUT2D eigenvalue weighted by Crippen LogP contribution is 2.06. The molecule has 0 saturated heterocycles. The fourth-order valence-electron chi connectivity index (χ4n) is 1.97. The van der Waals surface area contributed by atoms with Crippen LogP contribution in [0.5, 0.6) is 0 Å². The highest BCUT2D eigenvalue weighted by atomic mass is 32.1. The molecule has 0 aromatic heterocycles. The third-order valence-electron chi connectivity index (χ3n) is 3.20. The van der Waals surface area contributed by atoms with Crippen LogP contribution < -0.4 is 16.8 Å². The van der Waals surface area contributed by atoms with E-state index >= 15 is 0 Å². The fourth-order valence-corrected chi connectivity index (χ4v) is 2.12. The van der Waals surface area contributed by atoms with Crippen molar-refractivity contribution in [2.75, 3.05) is 6.54 Å². The molecule has 0 radical (unpaired) electrons. The van der Waals surface area contributed by atoms with E-state index in [-0.39, 0.29) is 11.0 Å². The Kier molecular flexibility index (Phi) is 8.04. The molecule has 0 aliphatic rings. The van der Waals surface area contributed by atoms with Gasteiger partial charge in [-0.2, -0.15) is 0 Å². The van der Waals surface area contributed by atoms with Gasteiger partial charge in [0.15, 0.2) is 0 Å². The highest BCUT2D eigenvalue weighted by molar-refractivity contribution is 7.96. The molecule has 0 saturated carbocycles. The summed E-state index contributed by atoms with van der Waals surface area (Å²) in [6, 6.07) is 8.18. The number of carbonyl (C=O) groups is 2. The first-order valence-corrected chi connectivity index (χ1v) is 7.52. The van der Waals surface area contributed by atoms with Gasteiger partial charge in [0.1, 0.15) is 6.04 Å². The number of nitrogens with one attached hydrogen (secondary N) is 1. The van der Waals surface area contributed by atoms with E-state index in [9.17, 15) is 9.59 Å². The summed E-state index contributed by atoms with van der Waals surface area (Å²) in [5.41, 5.74) is 12.2. The Labute approximate surface area is 130 Å². The molecule has 0 unspecified atom stereocenters. The van der Waals surface area contributed by atoms with Crippen molar-refractivity contribution >= 4 is 23.7 Å². The third kappa shape index (κ3) is 6.75. The van der Waals surface area contributed by atoms with E-state index in [1.807, 2.05) is 30.3 Å². The molecule has 6 heteroatoms. The average molecular weight is 309 g/mol. The van der Waals surface area contributed by atoms with Gasteiger partial charge in [0.25, 0.3) is 0 Å². The summed E-state index contributed by atoms with van der Waals surface area (Å²) in [5.74, 6) is -0.324. The molecule has 1 aromatic rings. The topological polar surface area (TPSA) is 98.2 Å². The van der Waals surface area contributed by atoms with Crippen molar-refractivity contribution in [1.82, 2.24) is 5.32 Å². The molecule has 0 aliphatic heterocycles. The van der Waals surface area contributed by atoms with Gasteiger partial charge in [-0.25, -0.2) is 0 Å². The summed E-state index contributed by atoms with van der Waals surface area (Å²) in [6.45, 7) is 0.583. The SMILES string of the molecule is NCCCC[C@@H](N)C(=O)N[C@H](Cc1ccccc1)C(=O)S.